The highest BCUT2D eigenvalue weighted by Gasteiger charge is 2.15. The molecule has 10 nitrogen and oxygen atoms in total. The molecule has 0 aliphatic carbocycles. The van der Waals surface area contributed by atoms with Crippen LogP contribution in [0.15, 0.2) is 24.5 Å². The van der Waals surface area contributed by atoms with Crippen molar-refractivity contribution in [3.63, 3.8) is 0 Å². The van der Waals surface area contributed by atoms with Crippen LogP contribution in [0.4, 0.5) is 11.5 Å². The molecule has 1 aromatic carbocycles. The molecule has 0 spiro atoms. The maximum atomic E-state index is 10.3. The summed E-state index contributed by atoms with van der Waals surface area (Å²) in [5.74, 6) is 0.856. The van der Waals surface area contributed by atoms with Crippen molar-refractivity contribution in [3.8, 4) is 11.8 Å². The first kappa shape index (κ1) is 23.0. The third-order valence-corrected chi connectivity index (χ3v) is 5.01. The average Bonchev–Trinajstić information content (AvgIpc) is 2.79. The van der Waals surface area contributed by atoms with Crippen molar-refractivity contribution in [3.05, 3.63) is 40.8 Å². The molecule has 2 atom stereocenters. The molecule has 1 saturated heterocycles. The quantitative estimate of drug-likeness (QED) is 0.264. The number of aliphatic hydroxyl groups is 1. The van der Waals surface area contributed by atoms with Crippen LogP contribution in [0.5, 0.6) is 5.75 Å². The molecule has 31 heavy (non-hydrogen) atoms. The largest absolute Gasteiger partial charge is 0.495 e. The molecule has 2 unspecified atom stereocenters. The second-order valence-corrected chi connectivity index (χ2v) is 7.29. The van der Waals surface area contributed by atoms with E-state index in [1.165, 1.54) is 12.4 Å². The first-order valence-electron chi connectivity index (χ1n) is 9.91. The van der Waals surface area contributed by atoms with Gasteiger partial charge in [0.25, 0.3) is 0 Å². The Hall–Kier alpha value is -2.68. The van der Waals surface area contributed by atoms with Gasteiger partial charge in [-0.2, -0.15) is 5.26 Å². The summed E-state index contributed by atoms with van der Waals surface area (Å²) in [5, 5.41) is 31.9. The summed E-state index contributed by atoms with van der Waals surface area (Å²) in [6.07, 6.45) is 2.39. The molecule has 1 aliphatic heterocycles. The van der Waals surface area contributed by atoms with Gasteiger partial charge in [0.2, 0.25) is 6.35 Å². The van der Waals surface area contributed by atoms with Crippen molar-refractivity contribution >= 4 is 23.1 Å². The van der Waals surface area contributed by atoms with E-state index in [1.807, 2.05) is 12.1 Å². The molecule has 3 rings (SSSR count). The van der Waals surface area contributed by atoms with E-state index in [2.05, 4.69) is 31.2 Å². The molecule has 0 bridgehead atoms. The standard InChI is InChI=1S/C20H26ClN7O3/c1-30-18-6-13(2-3-23-10-15-11-24-4-5-31-15)16(21)7-17(18)27-20(29)28-19-12-25-14(8-22)9-26-19/h6-7,9,12,15,20,23-24,27,29H,2-5,10-11H2,1H3,(H,26,28). The number of morpholine rings is 1. The number of hydrogen-bond donors (Lipinski definition) is 5. The zero-order valence-electron chi connectivity index (χ0n) is 17.2. The predicted octanol–water partition coefficient (Wildman–Crippen LogP) is 0.931. The van der Waals surface area contributed by atoms with Crippen molar-refractivity contribution in [2.75, 3.05) is 50.5 Å². The Morgan fingerprint density at radius 2 is 2.26 bits per heavy atom. The van der Waals surface area contributed by atoms with Gasteiger partial charge in [-0.1, -0.05) is 11.6 Å². The number of hydrogen-bond acceptors (Lipinski definition) is 10. The van der Waals surface area contributed by atoms with Gasteiger partial charge in [-0.15, -0.1) is 0 Å². The number of nitrogens with zero attached hydrogens (tertiary/aromatic N) is 3. The van der Waals surface area contributed by atoms with Gasteiger partial charge in [0, 0.05) is 24.7 Å². The zero-order chi connectivity index (χ0) is 22.1. The van der Waals surface area contributed by atoms with Crippen LogP contribution in [0.25, 0.3) is 0 Å². The third kappa shape index (κ3) is 6.92. The summed E-state index contributed by atoms with van der Waals surface area (Å²) in [5.41, 5.74) is 1.64. The zero-order valence-corrected chi connectivity index (χ0v) is 17.9. The maximum Gasteiger partial charge on any atom is 0.204 e. The number of methoxy groups -OCH3 is 1. The van der Waals surface area contributed by atoms with E-state index in [-0.39, 0.29) is 11.8 Å². The number of aliphatic hydroxyl groups excluding tert-OH is 1. The summed E-state index contributed by atoms with van der Waals surface area (Å²) in [7, 11) is 1.55. The monoisotopic (exact) mass is 447 g/mol. The summed E-state index contributed by atoms with van der Waals surface area (Å²) < 4.78 is 11.1. The normalized spacial score (nSPS) is 16.9. The SMILES string of the molecule is COc1cc(CCNCC2CNCCO2)c(Cl)cc1NC(O)Nc1cnc(C#N)cn1. The summed E-state index contributed by atoms with van der Waals surface area (Å²) in [6.45, 7) is 4.01. The molecule has 0 saturated carbocycles. The van der Waals surface area contributed by atoms with Crippen LogP contribution in [-0.4, -0.2) is 67.4 Å². The molecule has 0 radical (unpaired) electrons. The van der Waals surface area contributed by atoms with Crippen molar-refractivity contribution in [2.45, 2.75) is 18.9 Å². The molecule has 0 amide bonds. The molecule has 5 N–H and O–H groups in total. The number of benzene rings is 1. The first-order valence-corrected chi connectivity index (χ1v) is 10.3. The molecule has 1 fully saturated rings. The van der Waals surface area contributed by atoms with E-state index in [9.17, 15) is 5.11 Å². The topological polar surface area (TPSA) is 136 Å². The Labute approximate surface area is 185 Å². The fraction of sp³-hybridized carbons (Fsp3) is 0.450. The fourth-order valence-corrected chi connectivity index (χ4v) is 3.35. The molecule has 2 aromatic rings. The van der Waals surface area contributed by atoms with Crippen LogP contribution >= 0.6 is 11.6 Å². The van der Waals surface area contributed by atoms with E-state index in [0.29, 0.717) is 22.3 Å². The summed E-state index contributed by atoms with van der Waals surface area (Å²) in [4.78, 5) is 7.90. The van der Waals surface area contributed by atoms with Crippen LogP contribution < -0.4 is 26.0 Å². The highest BCUT2D eigenvalue weighted by Crippen LogP contribution is 2.32. The minimum atomic E-state index is -1.18. The number of nitrogens with one attached hydrogen (secondary N) is 4. The maximum absolute atomic E-state index is 10.3. The van der Waals surface area contributed by atoms with Crippen LogP contribution in [0.3, 0.4) is 0 Å². The van der Waals surface area contributed by atoms with Gasteiger partial charge < -0.3 is 35.8 Å². The Morgan fingerprint density at radius 3 is 2.94 bits per heavy atom. The van der Waals surface area contributed by atoms with E-state index in [0.717, 1.165) is 44.8 Å². The van der Waals surface area contributed by atoms with E-state index < -0.39 is 6.35 Å². The van der Waals surface area contributed by atoms with Crippen LogP contribution in [0.2, 0.25) is 5.02 Å². The van der Waals surface area contributed by atoms with E-state index in [1.54, 1.807) is 13.2 Å². The molecule has 166 valence electrons. The number of rotatable bonds is 10. The number of halogens is 1. The second kappa shape index (κ2) is 11.6. The Kier molecular flexibility index (Phi) is 8.63. The molecule has 11 heteroatoms. The highest BCUT2D eigenvalue weighted by molar-refractivity contribution is 6.31. The van der Waals surface area contributed by atoms with E-state index in [4.69, 9.17) is 26.3 Å². The summed E-state index contributed by atoms with van der Waals surface area (Å²) in [6, 6.07) is 5.44. The average molecular weight is 448 g/mol. The van der Waals surface area contributed by atoms with Crippen molar-refractivity contribution < 1.29 is 14.6 Å². The van der Waals surface area contributed by atoms with Crippen molar-refractivity contribution in [1.82, 2.24) is 20.6 Å². The number of aromatic nitrogens is 2. The van der Waals surface area contributed by atoms with Gasteiger partial charge in [-0.3, -0.25) is 0 Å². The number of nitriles is 1. The molecule has 1 aliphatic rings. The van der Waals surface area contributed by atoms with Crippen molar-refractivity contribution in [2.24, 2.45) is 0 Å². The van der Waals surface area contributed by atoms with Crippen LogP contribution in [0.1, 0.15) is 11.3 Å². The minimum absolute atomic E-state index is 0.181. The van der Waals surface area contributed by atoms with Gasteiger partial charge in [0.05, 0.1) is 37.9 Å². The van der Waals surface area contributed by atoms with Crippen molar-refractivity contribution in [1.29, 1.82) is 5.26 Å². The highest BCUT2D eigenvalue weighted by atomic mass is 35.5. The lowest BCUT2D eigenvalue weighted by atomic mass is 10.1. The first-order chi connectivity index (χ1) is 15.1. The predicted molar refractivity (Wildman–Crippen MR) is 117 cm³/mol. The lowest BCUT2D eigenvalue weighted by Gasteiger charge is -2.24. The molecule has 2 heterocycles. The Morgan fingerprint density at radius 1 is 1.39 bits per heavy atom. The van der Waals surface area contributed by atoms with Gasteiger partial charge in [0.1, 0.15) is 17.6 Å². The number of anilines is 2. The molecule has 1 aromatic heterocycles. The third-order valence-electron chi connectivity index (χ3n) is 4.66. The minimum Gasteiger partial charge on any atom is -0.495 e. The second-order valence-electron chi connectivity index (χ2n) is 6.88. The van der Waals surface area contributed by atoms with Crippen LogP contribution in [0, 0.1) is 11.3 Å². The lowest BCUT2D eigenvalue weighted by molar-refractivity contribution is 0.0294. The van der Waals surface area contributed by atoms with Gasteiger partial charge >= 0.3 is 0 Å². The van der Waals surface area contributed by atoms with Gasteiger partial charge in [-0.05, 0) is 30.7 Å². The fourth-order valence-electron chi connectivity index (χ4n) is 3.09. The summed E-state index contributed by atoms with van der Waals surface area (Å²) >= 11 is 6.45. The van der Waals surface area contributed by atoms with Crippen LogP contribution in [-0.2, 0) is 11.2 Å². The van der Waals surface area contributed by atoms with Gasteiger partial charge in [0.15, 0.2) is 5.69 Å². The number of ether oxygens (including phenoxy) is 2. The van der Waals surface area contributed by atoms with E-state index >= 15 is 0 Å². The molecular formula is C20H26ClN7O3. The smallest absolute Gasteiger partial charge is 0.204 e. The Balaban J connectivity index is 1.54. The lowest BCUT2D eigenvalue weighted by Crippen LogP contribution is -2.44. The van der Waals surface area contributed by atoms with Gasteiger partial charge in [-0.25, -0.2) is 9.97 Å². The molecular weight excluding hydrogens is 422 g/mol. The Bertz CT molecular complexity index is 886.